The van der Waals surface area contributed by atoms with Crippen molar-refractivity contribution in [1.29, 1.82) is 0 Å². The van der Waals surface area contributed by atoms with Crippen molar-refractivity contribution < 1.29 is 19.0 Å². The van der Waals surface area contributed by atoms with E-state index in [4.69, 9.17) is 13.9 Å². The summed E-state index contributed by atoms with van der Waals surface area (Å²) in [6, 6.07) is 5.29. The smallest absolute Gasteiger partial charge is 0.382 e. The van der Waals surface area contributed by atoms with E-state index in [1.165, 1.54) is 49.7 Å². The highest BCUT2D eigenvalue weighted by atomic mass is 16.5. The van der Waals surface area contributed by atoms with Crippen LogP contribution < -0.4 is 15.1 Å². The first-order chi connectivity index (χ1) is 16.4. The van der Waals surface area contributed by atoms with E-state index in [9.17, 15) is 9.90 Å². The molecular weight excluding hydrogens is 428 g/mol. The van der Waals surface area contributed by atoms with Gasteiger partial charge in [-0.25, -0.2) is 4.79 Å². The molecule has 188 valence electrons. The van der Waals surface area contributed by atoms with Gasteiger partial charge in [-0.3, -0.25) is 0 Å². The maximum absolute atomic E-state index is 12.1. The van der Waals surface area contributed by atoms with E-state index >= 15 is 0 Å². The first-order valence-electron chi connectivity index (χ1n) is 12.8. The predicted molar refractivity (Wildman–Crippen MR) is 140 cm³/mol. The quantitative estimate of drug-likeness (QED) is 0.152. The molecule has 0 amide bonds. The minimum absolute atomic E-state index is 0.117. The topological polar surface area (TPSA) is 68.9 Å². The van der Waals surface area contributed by atoms with E-state index in [0.29, 0.717) is 23.3 Å². The van der Waals surface area contributed by atoms with Crippen LogP contribution in [0.4, 0.5) is 0 Å². The summed E-state index contributed by atoms with van der Waals surface area (Å²) < 4.78 is 17.2. The third kappa shape index (κ3) is 9.28. The van der Waals surface area contributed by atoms with Gasteiger partial charge in [-0.15, -0.1) is 0 Å². The van der Waals surface area contributed by atoms with Gasteiger partial charge < -0.3 is 19.0 Å². The number of hydrogen-bond acceptors (Lipinski definition) is 5. The first kappa shape index (κ1) is 27.6. The van der Waals surface area contributed by atoms with E-state index in [1.54, 1.807) is 12.1 Å². The molecule has 2 aromatic rings. The zero-order chi connectivity index (χ0) is 24.8. The molecule has 1 N–H and O–H groups in total. The molecule has 1 aromatic heterocycles. The summed E-state index contributed by atoms with van der Waals surface area (Å²) >= 11 is 0. The van der Waals surface area contributed by atoms with Crippen LogP contribution in [0.3, 0.4) is 0 Å². The van der Waals surface area contributed by atoms with Crippen LogP contribution in [0.15, 0.2) is 50.7 Å². The average Bonchev–Trinajstić information content (AvgIpc) is 2.80. The van der Waals surface area contributed by atoms with Crippen LogP contribution in [0.25, 0.3) is 11.0 Å². The largest absolute Gasteiger partial charge is 0.499 e. The summed E-state index contributed by atoms with van der Waals surface area (Å²) in [5.41, 5.74) is 2.02. The number of benzene rings is 1. The van der Waals surface area contributed by atoms with Crippen molar-refractivity contribution >= 4 is 11.0 Å². The summed E-state index contributed by atoms with van der Waals surface area (Å²) in [7, 11) is 0. The number of rotatable bonds is 16. The molecule has 1 aromatic carbocycles. The molecule has 0 aliphatic rings. The Labute approximate surface area is 204 Å². The lowest BCUT2D eigenvalue weighted by atomic mass is 10.1. The number of fused-ring (bicyclic) bond motifs is 1. The van der Waals surface area contributed by atoms with Gasteiger partial charge in [0.2, 0.25) is 5.75 Å². The number of allylic oxidation sites excluding steroid dienone is 3. The van der Waals surface area contributed by atoms with Gasteiger partial charge in [-0.2, -0.15) is 0 Å². The lowest BCUT2D eigenvalue weighted by Gasteiger charge is -2.13. The molecule has 0 unspecified atom stereocenters. The number of hydrogen-bond donors (Lipinski definition) is 1. The second kappa shape index (κ2) is 15.3. The Kier molecular flexibility index (Phi) is 12.4. The Morgan fingerprint density at radius 2 is 1.68 bits per heavy atom. The van der Waals surface area contributed by atoms with Crippen LogP contribution in [0, 0.1) is 0 Å². The van der Waals surface area contributed by atoms with Crippen LogP contribution in [0.2, 0.25) is 0 Å². The Hall–Kier alpha value is -2.69. The van der Waals surface area contributed by atoms with Crippen molar-refractivity contribution in [3.05, 3.63) is 51.9 Å². The normalized spacial score (nSPS) is 11.6. The molecule has 0 bridgehead atoms. The van der Waals surface area contributed by atoms with Crippen molar-refractivity contribution in [1.82, 2.24) is 0 Å². The minimum atomic E-state index is -0.813. The highest BCUT2D eigenvalue weighted by molar-refractivity contribution is 5.91. The molecule has 1 heterocycles. The van der Waals surface area contributed by atoms with Crippen LogP contribution in [0.1, 0.15) is 91.9 Å². The Balaban J connectivity index is 2.02. The van der Waals surface area contributed by atoms with Gasteiger partial charge in [0.05, 0.1) is 6.61 Å². The fraction of sp³-hybridized carbons (Fsp3) is 0.552. The van der Waals surface area contributed by atoms with Crippen LogP contribution in [-0.4, -0.2) is 18.3 Å². The van der Waals surface area contributed by atoms with E-state index < -0.39 is 11.4 Å². The first-order valence-corrected chi connectivity index (χ1v) is 12.8. The highest BCUT2D eigenvalue weighted by Gasteiger charge is 2.19. The molecule has 0 atom stereocenters. The molecule has 0 radical (unpaired) electrons. The summed E-state index contributed by atoms with van der Waals surface area (Å²) in [5, 5.41) is 10.9. The van der Waals surface area contributed by atoms with Gasteiger partial charge in [0, 0.05) is 0 Å². The molecule has 34 heavy (non-hydrogen) atoms. The minimum Gasteiger partial charge on any atom is -0.499 e. The van der Waals surface area contributed by atoms with E-state index in [2.05, 4.69) is 33.8 Å². The van der Waals surface area contributed by atoms with Crippen LogP contribution in [0.5, 0.6) is 17.2 Å². The molecule has 5 heteroatoms. The average molecular weight is 471 g/mol. The van der Waals surface area contributed by atoms with Gasteiger partial charge in [-0.05, 0) is 58.2 Å². The third-order valence-corrected chi connectivity index (χ3v) is 5.83. The molecule has 0 spiro atoms. The van der Waals surface area contributed by atoms with Crippen molar-refractivity contribution in [3.63, 3.8) is 0 Å². The Morgan fingerprint density at radius 3 is 2.38 bits per heavy atom. The molecule has 0 aliphatic carbocycles. The third-order valence-electron chi connectivity index (χ3n) is 5.83. The SMILES string of the molecule is CCCCCCCCCCOc1cccc2oc(=O)c(O)c(OCC=C(C)CCC=C(C)C)c12. The molecule has 5 nitrogen and oxygen atoms in total. The number of ether oxygens (including phenoxy) is 2. The van der Waals surface area contributed by atoms with Crippen molar-refractivity contribution in [2.24, 2.45) is 0 Å². The molecule has 0 fully saturated rings. The summed E-state index contributed by atoms with van der Waals surface area (Å²) in [5.74, 6) is 0.149. The molecule has 2 rings (SSSR count). The van der Waals surface area contributed by atoms with E-state index in [1.807, 2.05) is 12.1 Å². The standard InChI is InChI=1S/C29H42O5/c1-5-6-7-8-9-10-11-12-20-32-24-17-14-18-25-26(24)28(27(30)29(31)34-25)33-21-19-23(4)16-13-15-22(2)3/h14-15,17-19,30H,5-13,16,20-21H2,1-4H3. The van der Waals surface area contributed by atoms with Gasteiger partial charge in [0.1, 0.15) is 23.3 Å². The second-order valence-electron chi connectivity index (χ2n) is 9.20. The summed E-state index contributed by atoms with van der Waals surface area (Å²) in [6.07, 6.45) is 15.9. The molecular formula is C29H42O5. The second-order valence-corrected chi connectivity index (χ2v) is 9.20. The van der Waals surface area contributed by atoms with Crippen LogP contribution in [-0.2, 0) is 0 Å². The lowest BCUT2D eigenvalue weighted by Crippen LogP contribution is -2.06. The number of aromatic hydroxyl groups is 1. The zero-order valence-electron chi connectivity index (χ0n) is 21.5. The Bertz CT molecular complexity index is 995. The van der Waals surface area contributed by atoms with Gasteiger partial charge in [0.25, 0.3) is 0 Å². The molecule has 0 aliphatic heterocycles. The number of unbranched alkanes of at least 4 members (excludes halogenated alkanes) is 7. The van der Waals surface area contributed by atoms with E-state index in [-0.39, 0.29) is 12.4 Å². The van der Waals surface area contributed by atoms with Crippen LogP contribution >= 0.6 is 0 Å². The van der Waals surface area contributed by atoms with Crippen molar-refractivity contribution in [3.8, 4) is 17.2 Å². The summed E-state index contributed by atoms with van der Waals surface area (Å²) in [6.45, 7) is 9.28. The van der Waals surface area contributed by atoms with Crippen molar-refractivity contribution in [2.45, 2.75) is 91.9 Å². The highest BCUT2D eigenvalue weighted by Crippen LogP contribution is 2.38. The van der Waals surface area contributed by atoms with E-state index in [0.717, 1.165) is 25.7 Å². The summed E-state index contributed by atoms with van der Waals surface area (Å²) in [4.78, 5) is 12.1. The Morgan fingerprint density at radius 1 is 0.971 bits per heavy atom. The fourth-order valence-corrected chi connectivity index (χ4v) is 3.82. The zero-order valence-corrected chi connectivity index (χ0v) is 21.5. The maximum atomic E-state index is 12.1. The lowest BCUT2D eigenvalue weighted by molar-refractivity contribution is 0.301. The van der Waals surface area contributed by atoms with Gasteiger partial charge in [-0.1, -0.05) is 75.2 Å². The van der Waals surface area contributed by atoms with Gasteiger partial charge in [0.15, 0.2) is 5.75 Å². The predicted octanol–water partition coefficient (Wildman–Crippen LogP) is 8.09. The monoisotopic (exact) mass is 470 g/mol. The molecule has 0 saturated heterocycles. The van der Waals surface area contributed by atoms with Gasteiger partial charge >= 0.3 is 5.63 Å². The van der Waals surface area contributed by atoms with Crippen molar-refractivity contribution in [2.75, 3.05) is 13.2 Å². The fourth-order valence-electron chi connectivity index (χ4n) is 3.82. The maximum Gasteiger partial charge on any atom is 0.382 e. The molecule has 0 saturated carbocycles.